The molecular weight excluding hydrogens is 196 g/mol. The van der Waals surface area contributed by atoms with E-state index < -0.39 is 0 Å². The van der Waals surface area contributed by atoms with E-state index >= 15 is 0 Å². The molecular formula is C15H20O. The van der Waals surface area contributed by atoms with E-state index in [2.05, 4.69) is 18.2 Å². The van der Waals surface area contributed by atoms with Crippen molar-refractivity contribution in [1.82, 2.24) is 0 Å². The average molecular weight is 216 g/mol. The third-order valence-corrected chi connectivity index (χ3v) is 3.43. The Hall–Kier alpha value is -1.11. The minimum atomic E-state index is -0.227. The van der Waals surface area contributed by atoms with Crippen LogP contribution in [0.1, 0.15) is 50.7 Å². The van der Waals surface area contributed by atoms with Crippen molar-refractivity contribution in [2.24, 2.45) is 5.41 Å². The SMILES string of the molecule is CC(C)(C)C(=O)C1CCCc2ccccc21. The van der Waals surface area contributed by atoms with E-state index in [0.717, 1.165) is 19.3 Å². The molecule has 1 aromatic carbocycles. The highest BCUT2D eigenvalue weighted by Crippen LogP contribution is 2.36. The Morgan fingerprint density at radius 1 is 1.25 bits per heavy atom. The van der Waals surface area contributed by atoms with E-state index in [0.29, 0.717) is 5.78 Å². The summed E-state index contributed by atoms with van der Waals surface area (Å²) in [4.78, 5) is 12.4. The number of aryl methyl sites for hydroxylation is 1. The lowest BCUT2D eigenvalue weighted by molar-refractivity contribution is -0.128. The van der Waals surface area contributed by atoms with Crippen LogP contribution in [0.15, 0.2) is 24.3 Å². The predicted molar refractivity (Wildman–Crippen MR) is 66.6 cm³/mol. The fraction of sp³-hybridized carbons (Fsp3) is 0.533. The van der Waals surface area contributed by atoms with Crippen LogP contribution in [-0.4, -0.2) is 5.78 Å². The minimum Gasteiger partial charge on any atom is -0.298 e. The Morgan fingerprint density at radius 3 is 2.62 bits per heavy atom. The normalized spacial score (nSPS) is 20.3. The Kier molecular flexibility index (Phi) is 2.88. The van der Waals surface area contributed by atoms with Crippen molar-refractivity contribution >= 4 is 5.78 Å². The molecule has 1 aliphatic rings. The summed E-state index contributed by atoms with van der Waals surface area (Å²) in [6.07, 6.45) is 3.29. The standard InChI is InChI=1S/C15H20O/c1-15(2,3)14(16)13-10-6-8-11-7-4-5-9-12(11)13/h4-5,7,9,13H,6,8,10H2,1-3H3. The van der Waals surface area contributed by atoms with E-state index in [4.69, 9.17) is 0 Å². The highest BCUT2D eigenvalue weighted by molar-refractivity contribution is 5.90. The molecule has 86 valence electrons. The highest BCUT2D eigenvalue weighted by Gasteiger charge is 2.33. The molecule has 0 N–H and O–H groups in total. The van der Waals surface area contributed by atoms with E-state index in [1.165, 1.54) is 11.1 Å². The van der Waals surface area contributed by atoms with Gasteiger partial charge in [0.1, 0.15) is 5.78 Å². The smallest absolute Gasteiger partial charge is 0.145 e. The van der Waals surface area contributed by atoms with Crippen LogP contribution >= 0.6 is 0 Å². The molecule has 1 nitrogen and oxygen atoms in total. The van der Waals surface area contributed by atoms with Crippen LogP contribution in [-0.2, 0) is 11.2 Å². The molecule has 1 aromatic rings. The van der Waals surface area contributed by atoms with Gasteiger partial charge in [0.05, 0.1) is 0 Å². The molecule has 2 rings (SSSR count). The molecule has 0 aromatic heterocycles. The Labute approximate surface area is 97.9 Å². The summed E-state index contributed by atoms with van der Waals surface area (Å²) in [6.45, 7) is 6.06. The Bertz CT molecular complexity index is 398. The molecule has 0 bridgehead atoms. The molecule has 0 radical (unpaired) electrons. The van der Waals surface area contributed by atoms with Gasteiger partial charge in [-0.15, -0.1) is 0 Å². The monoisotopic (exact) mass is 216 g/mol. The van der Waals surface area contributed by atoms with E-state index in [-0.39, 0.29) is 11.3 Å². The first-order valence-corrected chi connectivity index (χ1v) is 6.12. The van der Waals surface area contributed by atoms with Crippen LogP contribution in [0, 0.1) is 5.41 Å². The molecule has 1 atom stereocenters. The molecule has 1 unspecified atom stereocenters. The van der Waals surface area contributed by atoms with Crippen molar-refractivity contribution in [1.29, 1.82) is 0 Å². The van der Waals surface area contributed by atoms with Crippen molar-refractivity contribution in [2.75, 3.05) is 0 Å². The van der Waals surface area contributed by atoms with Gasteiger partial charge in [0.25, 0.3) is 0 Å². The molecule has 0 aliphatic heterocycles. The number of carbonyl (C=O) groups is 1. The van der Waals surface area contributed by atoms with Crippen molar-refractivity contribution in [3.05, 3.63) is 35.4 Å². The lowest BCUT2D eigenvalue weighted by Crippen LogP contribution is -2.29. The minimum absolute atomic E-state index is 0.130. The van der Waals surface area contributed by atoms with E-state index in [1.54, 1.807) is 0 Å². The van der Waals surface area contributed by atoms with E-state index in [1.807, 2.05) is 26.8 Å². The lowest BCUT2D eigenvalue weighted by atomic mass is 9.73. The van der Waals surface area contributed by atoms with Crippen LogP contribution in [0.25, 0.3) is 0 Å². The van der Waals surface area contributed by atoms with Crippen LogP contribution < -0.4 is 0 Å². The number of hydrogen-bond acceptors (Lipinski definition) is 1. The fourth-order valence-electron chi connectivity index (χ4n) is 2.55. The summed E-state index contributed by atoms with van der Waals surface area (Å²) < 4.78 is 0. The van der Waals surface area contributed by atoms with Gasteiger partial charge in [0, 0.05) is 11.3 Å². The first kappa shape index (κ1) is 11.4. The molecule has 0 spiro atoms. The first-order chi connectivity index (χ1) is 7.50. The first-order valence-electron chi connectivity index (χ1n) is 6.12. The number of fused-ring (bicyclic) bond motifs is 1. The second kappa shape index (κ2) is 4.04. The summed E-state index contributed by atoms with van der Waals surface area (Å²) in [5.74, 6) is 0.518. The summed E-state index contributed by atoms with van der Waals surface area (Å²) in [5.41, 5.74) is 2.42. The van der Waals surface area contributed by atoms with Gasteiger partial charge >= 0.3 is 0 Å². The number of rotatable bonds is 1. The molecule has 0 saturated carbocycles. The number of benzene rings is 1. The van der Waals surface area contributed by atoms with Gasteiger partial charge in [0.2, 0.25) is 0 Å². The van der Waals surface area contributed by atoms with Gasteiger partial charge in [-0.25, -0.2) is 0 Å². The van der Waals surface area contributed by atoms with Crippen LogP contribution in [0.4, 0.5) is 0 Å². The molecule has 16 heavy (non-hydrogen) atoms. The number of hydrogen-bond donors (Lipinski definition) is 0. The average Bonchev–Trinajstić information content (AvgIpc) is 2.26. The third kappa shape index (κ3) is 2.04. The van der Waals surface area contributed by atoms with Crippen molar-refractivity contribution < 1.29 is 4.79 Å². The molecule has 1 heteroatoms. The largest absolute Gasteiger partial charge is 0.298 e. The maximum Gasteiger partial charge on any atom is 0.145 e. The van der Waals surface area contributed by atoms with Gasteiger partial charge in [-0.1, -0.05) is 45.0 Å². The second-order valence-corrected chi connectivity index (χ2v) is 5.76. The summed E-state index contributed by atoms with van der Waals surface area (Å²) in [5, 5.41) is 0. The molecule has 0 heterocycles. The zero-order valence-electron chi connectivity index (χ0n) is 10.4. The molecule has 1 aliphatic carbocycles. The molecule has 0 amide bonds. The molecule has 0 fully saturated rings. The van der Waals surface area contributed by atoms with Crippen molar-refractivity contribution in [2.45, 2.75) is 46.0 Å². The van der Waals surface area contributed by atoms with Gasteiger partial charge in [0.15, 0.2) is 0 Å². The van der Waals surface area contributed by atoms with E-state index in [9.17, 15) is 4.79 Å². The summed E-state index contributed by atoms with van der Waals surface area (Å²) >= 11 is 0. The Morgan fingerprint density at radius 2 is 1.94 bits per heavy atom. The maximum absolute atomic E-state index is 12.4. The lowest BCUT2D eigenvalue weighted by Gasteiger charge is -2.29. The number of Topliss-reactive ketones (excluding diaryl/α,β-unsaturated/α-hetero) is 1. The van der Waals surface area contributed by atoms with Crippen LogP contribution in [0.5, 0.6) is 0 Å². The second-order valence-electron chi connectivity index (χ2n) is 5.76. The van der Waals surface area contributed by atoms with Gasteiger partial charge in [-0.3, -0.25) is 4.79 Å². The molecule has 0 saturated heterocycles. The zero-order chi connectivity index (χ0) is 11.8. The van der Waals surface area contributed by atoms with Crippen LogP contribution in [0.3, 0.4) is 0 Å². The van der Waals surface area contributed by atoms with Gasteiger partial charge in [-0.05, 0) is 30.4 Å². The van der Waals surface area contributed by atoms with Gasteiger partial charge < -0.3 is 0 Å². The number of carbonyl (C=O) groups excluding carboxylic acids is 1. The summed E-state index contributed by atoms with van der Waals surface area (Å²) in [6, 6.07) is 8.41. The van der Waals surface area contributed by atoms with Crippen LogP contribution in [0.2, 0.25) is 0 Å². The zero-order valence-corrected chi connectivity index (χ0v) is 10.4. The fourth-order valence-corrected chi connectivity index (χ4v) is 2.55. The number of ketones is 1. The van der Waals surface area contributed by atoms with Crippen molar-refractivity contribution in [3.63, 3.8) is 0 Å². The van der Waals surface area contributed by atoms with Gasteiger partial charge in [-0.2, -0.15) is 0 Å². The third-order valence-electron chi connectivity index (χ3n) is 3.43. The Balaban J connectivity index is 2.36. The predicted octanol–water partition coefficient (Wildman–Crippen LogP) is 3.72. The topological polar surface area (TPSA) is 17.1 Å². The highest BCUT2D eigenvalue weighted by atomic mass is 16.1. The van der Waals surface area contributed by atoms with Crippen molar-refractivity contribution in [3.8, 4) is 0 Å². The maximum atomic E-state index is 12.4. The quantitative estimate of drug-likeness (QED) is 0.699. The summed E-state index contributed by atoms with van der Waals surface area (Å²) in [7, 11) is 0.